The molecule has 0 saturated heterocycles. The van der Waals surface area contributed by atoms with Crippen molar-refractivity contribution in [1.82, 2.24) is 4.98 Å². The number of H-pyrrole nitrogens is 1. The molecule has 0 atom stereocenters. The van der Waals surface area contributed by atoms with E-state index in [2.05, 4.69) is 10.3 Å². The summed E-state index contributed by atoms with van der Waals surface area (Å²) in [5.74, 6) is 0.914. The Hall–Kier alpha value is -2.70. The molecule has 0 aliphatic carbocycles. The van der Waals surface area contributed by atoms with E-state index in [9.17, 15) is 10.1 Å². The number of benzene rings is 1. The molecule has 0 radical (unpaired) electrons. The standard InChI is InChI=1S/C12H11N3O4/c16-15(17)10-5-12-11(18-7-19-12)4-9(10)14-6-8-2-1-3-13-8/h1-5,13-14H,6-7H2. The number of nitro benzene ring substituents is 1. The van der Waals surface area contributed by atoms with Gasteiger partial charge in [-0.2, -0.15) is 0 Å². The van der Waals surface area contributed by atoms with Crippen LogP contribution >= 0.6 is 0 Å². The van der Waals surface area contributed by atoms with Crippen molar-refractivity contribution in [2.45, 2.75) is 6.54 Å². The number of nitrogens with one attached hydrogen (secondary N) is 2. The largest absolute Gasteiger partial charge is 0.454 e. The van der Waals surface area contributed by atoms with Crippen LogP contribution in [0.3, 0.4) is 0 Å². The fourth-order valence-electron chi connectivity index (χ4n) is 1.89. The number of nitrogens with zero attached hydrogens (tertiary/aromatic N) is 1. The quantitative estimate of drug-likeness (QED) is 0.651. The molecule has 7 heteroatoms. The second-order valence-electron chi connectivity index (χ2n) is 4.03. The first-order valence-electron chi connectivity index (χ1n) is 5.68. The molecule has 3 rings (SSSR count). The van der Waals surface area contributed by atoms with E-state index in [-0.39, 0.29) is 12.5 Å². The van der Waals surface area contributed by atoms with Crippen molar-refractivity contribution in [2.75, 3.05) is 12.1 Å². The average Bonchev–Trinajstić information content (AvgIpc) is 3.05. The van der Waals surface area contributed by atoms with Crippen molar-refractivity contribution < 1.29 is 14.4 Å². The molecule has 98 valence electrons. The van der Waals surface area contributed by atoms with Gasteiger partial charge in [-0.25, -0.2) is 0 Å². The fraction of sp³-hybridized carbons (Fsp3) is 0.167. The maximum absolute atomic E-state index is 11.0. The molecule has 0 saturated carbocycles. The van der Waals surface area contributed by atoms with Gasteiger partial charge in [-0.1, -0.05) is 0 Å². The molecule has 0 amide bonds. The number of hydrogen-bond acceptors (Lipinski definition) is 5. The monoisotopic (exact) mass is 261 g/mol. The minimum atomic E-state index is -0.445. The van der Waals surface area contributed by atoms with Gasteiger partial charge in [0.1, 0.15) is 5.69 Å². The lowest BCUT2D eigenvalue weighted by atomic mass is 10.2. The summed E-state index contributed by atoms with van der Waals surface area (Å²) in [6.07, 6.45) is 1.80. The van der Waals surface area contributed by atoms with Gasteiger partial charge in [0.25, 0.3) is 5.69 Å². The zero-order valence-electron chi connectivity index (χ0n) is 9.88. The van der Waals surface area contributed by atoms with E-state index in [0.717, 1.165) is 5.69 Å². The summed E-state index contributed by atoms with van der Waals surface area (Å²) >= 11 is 0. The second kappa shape index (κ2) is 4.52. The highest BCUT2D eigenvalue weighted by molar-refractivity contribution is 5.68. The highest BCUT2D eigenvalue weighted by atomic mass is 16.7. The first-order chi connectivity index (χ1) is 9.24. The lowest BCUT2D eigenvalue weighted by Gasteiger charge is -2.07. The van der Waals surface area contributed by atoms with Crippen LogP contribution in [0.5, 0.6) is 11.5 Å². The number of hydrogen-bond donors (Lipinski definition) is 2. The van der Waals surface area contributed by atoms with Crippen LogP contribution in [-0.4, -0.2) is 16.7 Å². The molecule has 2 N–H and O–H groups in total. The Balaban J connectivity index is 1.88. The lowest BCUT2D eigenvalue weighted by molar-refractivity contribution is -0.384. The Morgan fingerprint density at radius 2 is 2.16 bits per heavy atom. The average molecular weight is 261 g/mol. The number of aromatic nitrogens is 1. The van der Waals surface area contributed by atoms with Gasteiger partial charge >= 0.3 is 0 Å². The van der Waals surface area contributed by atoms with Crippen molar-refractivity contribution in [2.24, 2.45) is 0 Å². The minimum Gasteiger partial charge on any atom is -0.454 e. The predicted octanol–water partition coefficient (Wildman–Crippen LogP) is 2.26. The van der Waals surface area contributed by atoms with Gasteiger partial charge in [-0.15, -0.1) is 0 Å². The first-order valence-corrected chi connectivity index (χ1v) is 5.68. The van der Waals surface area contributed by atoms with Crippen LogP contribution < -0.4 is 14.8 Å². The summed E-state index contributed by atoms with van der Waals surface area (Å²) < 4.78 is 10.4. The van der Waals surface area contributed by atoms with Crippen LogP contribution in [0, 0.1) is 10.1 Å². The van der Waals surface area contributed by atoms with Gasteiger partial charge in [0.05, 0.1) is 17.5 Å². The van der Waals surface area contributed by atoms with Crippen molar-refractivity contribution in [3.63, 3.8) is 0 Å². The number of nitro groups is 1. The third-order valence-electron chi connectivity index (χ3n) is 2.82. The molecule has 2 heterocycles. The predicted molar refractivity (Wildman–Crippen MR) is 67.3 cm³/mol. The zero-order chi connectivity index (χ0) is 13.2. The van der Waals surface area contributed by atoms with Gasteiger partial charge < -0.3 is 19.8 Å². The van der Waals surface area contributed by atoms with Crippen molar-refractivity contribution in [1.29, 1.82) is 0 Å². The highest BCUT2D eigenvalue weighted by Crippen LogP contribution is 2.40. The highest BCUT2D eigenvalue weighted by Gasteiger charge is 2.23. The van der Waals surface area contributed by atoms with Gasteiger partial charge in [0.2, 0.25) is 6.79 Å². The normalized spacial score (nSPS) is 12.4. The van der Waals surface area contributed by atoms with Crippen molar-refractivity contribution in [3.05, 3.63) is 46.3 Å². The van der Waals surface area contributed by atoms with Crippen LogP contribution in [0.25, 0.3) is 0 Å². The second-order valence-corrected chi connectivity index (χ2v) is 4.03. The third-order valence-corrected chi connectivity index (χ3v) is 2.82. The van der Waals surface area contributed by atoms with Crippen LogP contribution in [0.1, 0.15) is 5.69 Å². The molecule has 2 aromatic rings. The minimum absolute atomic E-state index is 0.0317. The van der Waals surface area contributed by atoms with Gasteiger partial charge in [-0.05, 0) is 12.1 Å². The maximum Gasteiger partial charge on any atom is 0.296 e. The van der Waals surface area contributed by atoms with Crippen molar-refractivity contribution >= 4 is 11.4 Å². The van der Waals surface area contributed by atoms with E-state index in [1.807, 2.05) is 12.1 Å². The summed E-state index contributed by atoms with van der Waals surface area (Å²) in [7, 11) is 0. The third kappa shape index (κ3) is 2.17. The van der Waals surface area contributed by atoms with Crippen LogP contribution in [0.15, 0.2) is 30.5 Å². The lowest BCUT2D eigenvalue weighted by Crippen LogP contribution is -2.03. The van der Waals surface area contributed by atoms with E-state index in [1.54, 1.807) is 12.3 Å². The summed E-state index contributed by atoms with van der Waals surface area (Å²) in [5.41, 5.74) is 1.31. The number of fused-ring (bicyclic) bond motifs is 1. The number of ether oxygens (including phenoxy) is 2. The van der Waals surface area contributed by atoms with E-state index >= 15 is 0 Å². The van der Waals surface area contributed by atoms with E-state index in [0.29, 0.717) is 23.7 Å². The number of anilines is 1. The summed E-state index contributed by atoms with van der Waals surface area (Å²) in [6.45, 7) is 0.556. The smallest absolute Gasteiger partial charge is 0.296 e. The van der Waals surface area contributed by atoms with Gasteiger partial charge in [0, 0.05) is 18.0 Å². The molecule has 1 aliphatic rings. The molecule has 1 aliphatic heterocycles. The molecule has 7 nitrogen and oxygen atoms in total. The molecule has 0 spiro atoms. The molecule has 0 unspecified atom stereocenters. The zero-order valence-corrected chi connectivity index (χ0v) is 9.88. The molecule has 19 heavy (non-hydrogen) atoms. The molecule has 1 aromatic heterocycles. The van der Waals surface area contributed by atoms with Crippen molar-refractivity contribution in [3.8, 4) is 11.5 Å². The summed E-state index contributed by atoms with van der Waals surface area (Å²) in [6, 6.07) is 6.72. The van der Waals surface area contributed by atoms with Gasteiger partial charge in [-0.3, -0.25) is 10.1 Å². The SMILES string of the molecule is O=[N+]([O-])c1cc2c(cc1NCc1ccc[nH]1)OCO2. The summed E-state index contributed by atoms with van der Waals surface area (Å²) in [5, 5.41) is 14.1. The van der Waals surface area contributed by atoms with Crippen LogP contribution in [0.4, 0.5) is 11.4 Å². The molecular weight excluding hydrogens is 250 g/mol. The fourth-order valence-corrected chi connectivity index (χ4v) is 1.89. The van der Waals surface area contributed by atoms with Crippen LogP contribution in [0.2, 0.25) is 0 Å². The van der Waals surface area contributed by atoms with E-state index in [1.165, 1.54) is 6.07 Å². The molecule has 0 bridgehead atoms. The Morgan fingerprint density at radius 1 is 1.37 bits per heavy atom. The van der Waals surface area contributed by atoms with Crippen LogP contribution in [-0.2, 0) is 6.54 Å². The first kappa shape index (κ1) is 11.4. The molecule has 0 fully saturated rings. The molecular formula is C12H11N3O4. The topological polar surface area (TPSA) is 89.4 Å². The Bertz CT molecular complexity index is 610. The number of rotatable bonds is 4. The molecule has 1 aromatic carbocycles. The Morgan fingerprint density at radius 3 is 2.84 bits per heavy atom. The van der Waals surface area contributed by atoms with E-state index in [4.69, 9.17) is 9.47 Å². The Labute approximate surface area is 108 Å². The van der Waals surface area contributed by atoms with E-state index < -0.39 is 4.92 Å². The maximum atomic E-state index is 11.0. The van der Waals surface area contributed by atoms with Gasteiger partial charge in [0.15, 0.2) is 11.5 Å². The Kier molecular flexibility index (Phi) is 2.71. The summed E-state index contributed by atoms with van der Waals surface area (Å²) in [4.78, 5) is 13.6. The number of aromatic amines is 1.